The van der Waals surface area contributed by atoms with E-state index in [0.29, 0.717) is 6.07 Å². The number of halogens is 3. The molecule has 0 aliphatic carbocycles. The molecule has 1 nitrogen and oxygen atoms in total. The second-order valence-corrected chi connectivity index (χ2v) is 4.00. The fourth-order valence-corrected chi connectivity index (χ4v) is 1.90. The third-order valence-corrected chi connectivity index (χ3v) is 2.87. The van der Waals surface area contributed by atoms with Crippen LogP contribution in [0, 0.1) is 11.6 Å². The number of rotatable bonds is 3. The minimum atomic E-state index is -2.15. The minimum absolute atomic E-state index is 0.248. The molecular formula is C14H12F3N. The summed E-state index contributed by atoms with van der Waals surface area (Å²) in [5.74, 6) is -1.68. The maximum absolute atomic E-state index is 14.9. The molecule has 0 radical (unpaired) electrons. The Morgan fingerprint density at radius 1 is 1.00 bits per heavy atom. The van der Waals surface area contributed by atoms with E-state index in [1.54, 1.807) is 18.2 Å². The monoisotopic (exact) mass is 251 g/mol. The zero-order chi connectivity index (χ0) is 13.2. The summed E-state index contributed by atoms with van der Waals surface area (Å²) in [5.41, 5.74) is 3.28. The van der Waals surface area contributed by atoms with Crippen molar-refractivity contribution in [3.05, 3.63) is 71.3 Å². The fourth-order valence-electron chi connectivity index (χ4n) is 1.90. The summed E-state index contributed by atoms with van der Waals surface area (Å²) in [5, 5.41) is 0. The second kappa shape index (κ2) is 4.82. The summed E-state index contributed by atoms with van der Waals surface area (Å²) in [4.78, 5) is 0. The van der Waals surface area contributed by atoms with Crippen molar-refractivity contribution in [1.29, 1.82) is 0 Å². The molecule has 2 rings (SSSR count). The van der Waals surface area contributed by atoms with Gasteiger partial charge in [0, 0.05) is 18.2 Å². The Kier molecular flexibility index (Phi) is 3.39. The smallest absolute Gasteiger partial charge is 0.175 e. The molecule has 94 valence electrons. The highest BCUT2D eigenvalue weighted by atomic mass is 19.2. The molecular weight excluding hydrogens is 239 g/mol. The lowest BCUT2D eigenvalue weighted by molar-refractivity contribution is 0.224. The Labute approximate surface area is 103 Å². The third kappa shape index (κ3) is 2.11. The summed E-state index contributed by atoms with van der Waals surface area (Å²) >= 11 is 0. The largest absolute Gasteiger partial charge is 0.327 e. The van der Waals surface area contributed by atoms with Gasteiger partial charge in [-0.05, 0) is 17.7 Å². The topological polar surface area (TPSA) is 26.0 Å². The van der Waals surface area contributed by atoms with Crippen LogP contribution in [0.4, 0.5) is 13.2 Å². The van der Waals surface area contributed by atoms with Gasteiger partial charge in [0.2, 0.25) is 0 Å². The maximum Gasteiger partial charge on any atom is 0.175 e. The van der Waals surface area contributed by atoms with E-state index in [0.717, 1.165) is 12.1 Å². The highest BCUT2D eigenvalue weighted by Crippen LogP contribution is 2.34. The molecule has 2 N–H and O–H groups in total. The van der Waals surface area contributed by atoms with E-state index in [9.17, 15) is 13.2 Å². The molecule has 0 fully saturated rings. The van der Waals surface area contributed by atoms with Crippen molar-refractivity contribution in [3.8, 4) is 0 Å². The van der Waals surface area contributed by atoms with E-state index in [2.05, 4.69) is 0 Å². The van der Waals surface area contributed by atoms with Crippen LogP contribution < -0.4 is 5.73 Å². The van der Waals surface area contributed by atoms with Crippen LogP contribution in [-0.2, 0) is 5.67 Å². The third-order valence-electron chi connectivity index (χ3n) is 2.87. The van der Waals surface area contributed by atoms with Crippen LogP contribution >= 0.6 is 0 Å². The lowest BCUT2D eigenvalue weighted by Crippen LogP contribution is -2.32. The van der Waals surface area contributed by atoms with Crippen LogP contribution in [0.2, 0.25) is 0 Å². The van der Waals surface area contributed by atoms with Gasteiger partial charge in [-0.25, -0.2) is 13.2 Å². The summed E-state index contributed by atoms with van der Waals surface area (Å²) in [7, 11) is 0. The van der Waals surface area contributed by atoms with E-state index < -0.39 is 23.8 Å². The highest BCUT2D eigenvalue weighted by Gasteiger charge is 2.35. The average Bonchev–Trinajstić information content (AvgIpc) is 2.39. The molecule has 0 amide bonds. The summed E-state index contributed by atoms with van der Waals surface area (Å²) < 4.78 is 41.4. The van der Waals surface area contributed by atoms with Gasteiger partial charge in [0.25, 0.3) is 0 Å². The molecule has 0 bridgehead atoms. The average molecular weight is 251 g/mol. The molecule has 18 heavy (non-hydrogen) atoms. The van der Waals surface area contributed by atoms with Crippen LogP contribution in [-0.4, -0.2) is 6.54 Å². The Bertz CT molecular complexity index is 542. The standard InChI is InChI=1S/C14H12F3N/c15-11-6-7-12(13(16)8-11)14(17,9-18)10-4-2-1-3-5-10/h1-8H,9,18H2. The van der Waals surface area contributed by atoms with Gasteiger partial charge >= 0.3 is 0 Å². The number of hydrogen-bond acceptors (Lipinski definition) is 1. The fraction of sp³-hybridized carbons (Fsp3) is 0.143. The molecule has 0 spiro atoms. The first kappa shape index (κ1) is 12.6. The SMILES string of the molecule is NCC(F)(c1ccccc1)c1ccc(F)cc1F. The van der Waals surface area contributed by atoms with Crippen molar-refractivity contribution in [1.82, 2.24) is 0 Å². The van der Waals surface area contributed by atoms with Crippen molar-refractivity contribution in [3.63, 3.8) is 0 Å². The highest BCUT2D eigenvalue weighted by molar-refractivity contribution is 5.37. The first-order chi connectivity index (χ1) is 8.58. The zero-order valence-corrected chi connectivity index (χ0v) is 9.54. The summed E-state index contributed by atoms with van der Waals surface area (Å²) in [6.07, 6.45) is 0. The van der Waals surface area contributed by atoms with Gasteiger partial charge in [0.1, 0.15) is 11.6 Å². The normalized spacial score (nSPS) is 14.2. The summed E-state index contributed by atoms with van der Waals surface area (Å²) in [6, 6.07) is 10.8. The predicted molar refractivity (Wildman–Crippen MR) is 63.7 cm³/mol. The van der Waals surface area contributed by atoms with Crippen molar-refractivity contribution < 1.29 is 13.2 Å². The van der Waals surface area contributed by atoms with Crippen LogP contribution in [0.15, 0.2) is 48.5 Å². The molecule has 0 aliphatic heterocycles. The Morgan fingerprint density at radius 2 is 1.67 bits per heavy atom. The molecule has 1 atom stereocenters. The zero-order valence-electron chi connectivity index (χ0n) is 9.54. The Morgan fingerprint density at radius 3 is 2.22 bits per heavy atom. The van der Waals surface area contributed by atoms with E-state index in [-0.39, 0.29) is 11.1 Å². The van der Waals surface area contributed by atoms with E-state index in [4.69, 9.17) is 5.73 Å². The van der Waals surface area contributed by atoms with Gasteiger partial charge in [-0.1, -0.05) is 30.3 Å². The van der Waals surface area contributed by atoms with Gasteiger partial charge in [-0.3, -0.25) is 0 Å². The molecule has 0 saturated heterocycles. The van der Waals surface area contributed by atoms with Gasteiger partial charge in [0.15, 0.2) is 5.67 Å². The molecule has 0 aromatic heterocycles. The predicted octanol–water partition coefficient (Wildman–Crippen LogP) is 3.14. The van der Waals surface area contributed by atoms with E-state index in [1.807, 2.05) is 0 Å². The molecule has 2 aromatic carbocycles. The van der Waals surface area contributed by atoms with Crippen molar-refractivity contribution in [2.75, 3.05) is 6.54 Å². The maximum atomic E-state index is 14.9. The Balaban J connectivity index is 2.57. The number of alkyl halides is 1. The van der Waals surface area contributed by atoms with E-state index >= 15 is 0 Å². The number of benzene rings is 2. The minimum Gasteiger partial charge on any atom is -0.327 e. The Hall–Kier alpha value is -1.81. The number of hydrogen-bond donors (Lipinski definition) is 1. The molecule has 4 heteroatoms. The lowest BCUT2D eigenvalue weighted by atomic mass is 9.88. The van der Waals surface area contributed by atoms with Gasteiger partial charge in [-0.15, -0.1) is 0 Å². The summed E-state index contributed by atoms with van der Waals surface area (Å²) in [6.45, 7) is -0.417. The second-order valence-electron chi connectivity index (χ2n) is 4.00. The van der Waals surface area contributed by atoms with Crippen molar-refractivity contribution in [2.24, 2.45) is 5.73 Å². The van der Waals surface area contributed by atoms with Gasteiger partial charge < -0.3 is 5.73 Å². The van der Waals surface area contributed by atoms with Crippen molar-refractivity contribution >= 4 is 0 Å². The quantitative estimate of drug-likeness (QED) is 0.891. The van der Waals surface area contributed by atoms with Gasteiger partial charge in [0.05, 0.1) is 0 Å². The number of nitrogens with two attached hydrogens (primary N) is 1. The van der Waals surface area contributed by atoms with Gasteiger partial charge in [-0.2, -0.15) is 0 Å². The van der Waals surface area contributed by atoms with E-state index in [1.165, 1.54) is 12.1 Å². The first-order valence-electron chi connectivity index (χ1n) is 5.48. The van der Waals surface area contributed by atoms with Crippen LogP contribution in [0.1, 0.15) is 11.1 Å². The molecule has 2 aromatic rings. The molecule has 0 heterocycles. The molecule has 0 aliphatic rings. The van der Waals surface area contributed by atoms with Crippen LogP contribution in [0.25, 0.3) is 0 Å². The molecule has 0 saturated carbocycles. The first-order valence-corrected chi connectivity index (χ1v) is 5.48. The molecule has 1 unspecified atom stereocenters. The lowest BCUT2D eigenvalue weighted by Gasteiger charge is -2.25. The van der Waals surface area contributed by atoms with Crippen LogP contribution in [0.3, 0.4) is 0 Å². The van der Waals surface area contributed by atoms with Crippen LogP contribution in [0.5, 0.6) is 0 Å². The van der Waals surface area contributed by atoms with Crippen molar-refractivity contribution in [2.45, 2.75) is 5.67 Å².